The Bertz CT molecular complexity index is 2330. The molecule has 2 fully saturated rings. The van der Waals surface area contributed by atoms with Crippen molar-refractivity contribution in [3.8, 4) is 16.8 Å². The van der Waals surface area contributed by atoms with Crippen molar-refractivity contribution in [1.82, 2.24) is 29.2 Å². The summed E-state index contributed by atoms with van der Waals surface area (Å²) >= 11 is 0. The van der Waals surface area contributed by atoms with Crippen LogP contribution in [0.25, 0.3) is 27.8 Å². The molecule has 1 saturated heterocycles. The normalized spacial score (nSPS) is 17.9. The summed E-state index contributed by atoms with van der Waals surface area (Å²) in [6, 6.07) is 25.9. The van der Waals surface area contributed by atoms with Crippen LogP contribution in [0.5, 0.6) is 0 Å². The van der Waals surface area contributed by atoms with Crippen molar-refractivity contribution in [2.45, 2.75) is 83.7 Å². The number of alkyl carbamates (subject to hydrolysis) is 1. The van der Waals surface area contributed by atoms with E-state index in [2.05, 4.69) is 27.3 Å². The number of carbonyl (C=O) groups is 2. The predicted octanol–water partition coefficient (Wildman–Crippen LogP) is 7.21. The third-order valence-corrected chi connectivity index (χ3v) is 10.5. The SMILES string of the molecule is CC(C)(C)OC(=O)N[C@H]1CC[C@@H](n2c(=O)c3cc(F)cnc3n(-c3cccc(-c4ccc(CN5CCCN(C(=O)OCc6ccccc6)CC5)cc4)c3)c2=O)CC1. The molecular formula is C44H49FN6O6. The molecule has 298 valence electrons. The lowest BCUT2D eigenvalue weighted by Gasteiger charge is -2.31. The Morgan fingerprint density at radius 3 is 2.33 bits per heavy atom. The second-order valence-electron chi connectivity index (χ2n) is 15.9. The fourth-order valence-electron chi connectivity index (χ4n) is 7.70. The van der Waals surface area contributed by atoms with E-state index in [0.29, 0.717) is 44.5 Å². The molecule has 1 saturated carbocycles. The molecule has 1 aliphatic heterocycles. The van der Waals surface area contributed by atoms with Gasteiger partial charge in [-0.3, -0.25) is 14.3 Å². The van der Waals surface area contributed by atoms with E-state index in [1.807, 2.05) is 60.7 Å². The molecule has 0 unspecified atom stereocenters. The van der Waals surface area contributed by atoms with Crippen molar-refractivity contribution in [3.63, 3.8) is 0 Å². The molecule has 2 aliphatic rings. The summed E-state index contributed by atoms with van der Waals surface area (Å²) in [4.78, 5) is 61.7. The maximum Gasteiger partial charge on any atom is 0.410 e. The van der Waals surface area contributed by atoms with E-state index >= 15 is 0 Å². The van der Waals surface area contributed by atoms with E-state index in [-0.39, 0.29) is 29.8 Å². The van der Waals surface area contributed by atoms with E-state index in [0.717, 1.165) is 60.6 Å². The van der Waals surface area contributed by atoms with Crippen LogP contribution in [-0.4, -0.2) is 73.9 Å². The first-order chi connectivity index (χ1) is 27.4. The third-order valence-electron chi connectivity index (χ3n) is 10.5. The minimum absolute atomic E-state index is 0.0130. The summed E-state index contributed by atoms with van der Waals surface area (Å²) in [7, 11) is 0. The predicted molar refractivity (Wildman–Crippen MR) is 216 cm³/mol. The molecule has 2 amide bonds. The smallest absolute Gasteiger partial charge is 0.410 e. The van der Waals surface area contributed by atoms with Crippen LogP contribution in [0.1, 0.15) is 70.0 Å². The van der Waals surface area contributed by atoms with Gasteiger partial charge >= 0.3 is 17.9 Å². The first-order valence-corrected chi connectivity index (χ1v) is 19.6. The molecule has 1 N–H and O–H groups in total. The van der Waals surface area contributed by atoms with Gasteiger partial charge in [0.25, 0.3) is 5.56 Å². The Kier molecular flexibility index (Phi) is 11.8. The highest BCUT2D eigenvalue weighted by atomic mass is 19.1. The summed E-state index contributed by atoms with van der Waals surface area (Å²) in [5, 5.41) is 2.91. The molecule has 57 heavy (non-hydrogen) atoms. The number of aromatic nitrogens is 3. The minimum Gasteiger partial charge on any atom is -0.445 e. The van der Waals surface area contributed by atoms with Gasteiger partial charge in [0.15, 0.2) is 5.65 Å². The Hall–Kier alpha value is -5.82. The zero-order chi connectivity index (χ0) is 40.1. The summed E-state index contributed by atoms with van der Waals surface area (Å²) in [6.07, 6.45) is 3.08. The lowest BCUT2D eigenvalue weighted by molar-refractivity contribution is 0.0487. The third kappa shape index (κ3) is 9.60. The lowest BCUT2D eigenvalue weighted by atomic mass is 9.91. The van der Waals surface area contributed by atoms with Gasteiger partial charge in [-0.2, -0.15) is 0 Å². The molecule has 3 aromatic carbocycles. The lowest BCUT2D eigenvalue weighted by Crippen LogP contribution is -2.45. The average molecular weight is 777 g/mol. The van der Waals surface area contributed by atoms with Crippen LogP contribution in [0.2, 0.25) is 0 Å². The summed E-state index contributed by atoms with van der Waals surface area (Å²) in [5.74, 6) is -0.672. The summed E-state index contributed by atoms with van der Waals surface area (Å²) < 4.78 is 28.1. The van der Waals surface area contributed by atoms with Crippen LogP contribution in [0.15, 0.2) is 101 Å². The first-order valence-electron chi connectivity index (χ1n) is 19.6. The van der Waals surface area contributed by atoms with Gasteiger partial charge in [-0.1, -0.05) is 66.7 Å². The highest BCUT2D eigenvalue weighted by molar-refractivity contribution is 5.76. The molecule has 0 spiro atoms. The van der Waals surface area contributed by atoms with Gasteiger partial charge in [-0.15, -0.1) is 0 Å². The number of pyridine rings is 1. The second-order valence-corrected chi connectivity index (χ2v) is 15.9. The molecule has 3 heterocycles. The zero-order valence-corrected chi connectivity index (χ0v) is 32.7. The number of fused-ring (bicyclic) bond motifs is 1. The molecule has 13 heteroatoms. The van der Waals surface area contributed by atoms with Crippen molar-refractivity contribution < 1.29 is 23.5 Å². The van der Waals surface area contributed by atoms with Crippen LogP contribution in [0.3, 0.4) is 0 Å². The van der Waals surface area contributed by atoms with Crippen molar-refractivity contribution in [3.05, 3.63) is 129 Å². The van der Waals surface area contributed by atoms with E-state index in [4.69, 9.17) is 9.47 Å². The van der Waals surface area contributed by atoms with E-state index in [1.165, 1.54) is 9.13 Å². The molecule has 5 aromatic rings. The quantitative estimate of drug-likeness (QED) is 0.175. The van der Waals surface area contributed by atoms with Crippen LogP contribution >= 0.6 is 0 Å². The molecular weight excluding hydrogens is 728 g/mol. The van der Waals surface area contributed by atoms with Crippen LogP contribution in [0.4, 0.5) is 14.0 Å². The standard InChI is InChI=1S/C44H49FN6O6/c1-44(2,3)57-41(53)47-35-17-19-36(20-18-35)51-40(52)38-26-34(45)27-46-39(38)50(42(51)54)37-12-7-11-33(25-37)32-15-13-30(14-16-32)28-48-21-8-22-49(24-23-48)43(55)56-29-31-9-5-4-6-10-31/h4-7,9-16,25-27,35-36H,8,17-24,28-29H2,1-3H3,(H,47,53)/t35-,36+. The van der Waals surface area contributed by atoms with Gasteiger partial charge in [0.05, 0.1) is 17.3 Å². The number of hydrogen-bond acceptors (Lipinski definition) is 8. The number of nitrogens with one attached hydrogen (secondary N) is 1. The van der Waals surface area contributed by atoms with Gasteiger partial charge in [0.2, 0.25) is 0 Å². The maximum absolute atomic E-state index is 14.6. The monoisotopic (exact) mass is 776 g/mol. The fraction of sp³-hybridized carbons (Fsp3) is 0.386. The molecule has 12 nitrogen and oxygen atoms in total. The number of hydrogen-bond donors (Lipinski definition) is 1. The van der Waals surface area contributed by atoms with Gasteiger partial charge in [0, 0.05) is 44.8 Å². The fourth-order valence-corrected chi connectivity index (χ4v) is 7.70. The highest BCUT2D eigenvalue weighted by Crippen LogP contribution is 2.29. The number of carbonyl (C=O) groups excluding carboxylic acids is 2. The van der Waals surface area contributed by atoms with Crippen LogP contribution in [0, 0.1) is 5.82 Å². The van der Waals surface area contributed by atoms with Crippen molar-refractivity contribution in [2.24, 2.45) is 0 Å². The number of amides is 2. The average Bonchev–Trinajstić information content (AvgIpc) is 3.43. The van der Waals surface area contributed by atoms with Crippen LogP contribution < -0.4 is 16.6 Å². The Labute approximate surface area is 330 Å². The van der Waals surface area contributed by atoms with Gasteiger partial charge < -0.3 is 19.7 Å². The number of rotatable bonds is 8. The summed E-state index contributed by atoms with van der Waals surface area (Å²) in [6.45, 7) is 9.22. The number of benzene rings is 3. The largest absolute Gasteiger partial charge is 0.445 e. The number of nitrogens with zero attached hydrogens (tertiary/aromatic N) is 5. The maximum atomic E-state index is 14.6. The Balaban J connectivity index is 1.05. The molecule has 0 bridgehead atoms. The summed E-state index contributed by atoms with van der Waals surface area (Å²) in [5.41, 5.74) is 2.68. The number of halogens is 1. The Morgan fingerprint density at radius 2 is 1.60 bits per heavy atom. The van der Waals surface area contributed by atoms with Gasteiger partial charge in [0.1, 0.15) is 18.0 Å². The topological polar surface area (TPSA) is 128 Å². The molecule has 0 radical (unpaired) electrons. The van der Waals surface area contributed by atoms with Crippen molar-refractivity contribution >= 4 is 23.2 Å². The molecule has 1 aliphatic carbocycles. The van der Waals surface area contributed by atoms with Gasteiger partial charge in [-0.25, -0.2) is 28.3 Å². The van der Waals surface area contributed by atoms with E-state index in [9.17, 15) is 23.6 Å². The van der Waals surface area contributed by atoms with Crippen LogP contribution in [-0.2, 0) is 22.6 Å². The highest BCUT2D eigenvalue weighted by Gasteiger charge is 2.29. The minimum atomic E-state index is -0.672. The zero-order valence-electron chi connectivity index (χ0n) is 32.7. The molecule has 2 aromatic heterocycles. The van der Waals surface area contributed by atoms with Gasteiger partial charge in [-0.05, 0) is 93.3 Å². The van der Waals surface area contributed by atoms with E-state index in [1.54, 1.807) is 31.7 Å². The first kappa shape index (κ1) is 39.4. The second kappa shape index (κ2) is 17.1. The van der Waals surface area contributed by atoms with Crippen molar-refractivity contribution in [1.29, 1.82) is 0 Å². The molecule has 7 rings (SSSR count). The Morgan fingerprint density at radius 1 is 0.842 bits per heavy atom. The van der Waals surface area contributed by atoms with E-state index < -0.39 is 34.8 Å². The molecule has 0 atom stereocenters. The van der Waals surface area contributed by atoms with Crippen molar-refractivity contribution in [2.75, 3.05) is 26.2 Å². The number of ether oxygens (including phenoxy) is 2.